The number of aromatic nitrogens is 1. The molecule has 0 spiro atoms. The van der Waals surface area contributed by atoms with E-state index in [9.17, 15) is 9.90 Å². The van der Waals surface area contributed by atoms with Crippen molar-refractivity contribution in [1.29, 1.82) is 0 Å². The summed E-state index contributed by atoms with van der Waals surface area (Å²) in [5.41, 5.74) is 0.343. The Morgan fingerprint density at radius 1 is 1.45 bits per heavy atom. The second kappa shape index (κ2) is 6.33. The van der Waals surface area contributed by atoms with Crippen molar-refractivity contribution in [2.24, 2.45) is 5.92 Å². The number of pyridine rings is 1. The third-order valence-electron chi connectivity index (χ3n) is 4.21. The van der Waals surface area contributed by atoms with E-state index in [4.69, 9.17) is 5.11 Å². The Hall–Kier alpha value is -1.46. The maximum absolute atomic E-state index is 10.9. The zero-order valence-corrected chi connectivity index (χ0v) is 11.7. The fourth-order valence-corrected chi connectivity index (χ4v) is 2.69. The first-order valence-electron chi connectivity index (χ1n) is 7.09. The third-order valence-corrected chi connectivity index (χ3v) is 4.21. The molecule has 2 rings (SSSR count). The minimum atomic E-state index is -0.784. The Bertz CT molecular complexity index is 442. The second-order valence-electron chi connectivity index (χ2n) is 5.72. The smallest absolute Gasteiger partial charge is 0.306 e. The van der Waals surface area contributed by atoms with Gasteiger partial charge in [-0.05, 0) is 50.3 Å². The molecule has 5 heteroatoms. The van der Waals surface area contributed by atoms with Gasteiger partial charge in [0.05, 0.1) is 11.5 Å². The van der Waals surface area contributed by atoms with Crippen LogP contribution in [0.3, 0.4) is 0 Å². The van der Waals surface area contributed by atoms with Gasteiger partial charge >= 0.3 is 5.97 Å². The number of carboxylic acid groups (broad SMARTS) is 1. The highest BCUT2D eigenvalue weighted by Gasteiger charge is 2.35. The van der Waals surface area contributed by atoms with Gasteiger partial charge in [0.25, 0.3) is 0 Å². The highest BCUT2D eigenvalue weighted by Crippen LogP contribution is 2.32. The number of aliphatic carboxylic acids is 1. The monoisotopic (exact) mass is 278 g/mol. The first kappa shape index (κ1) is 14.9. The van der Waals surface area contributed by atoms with Gasteiger partial charge in [0.15, 0.2) is 0 Å². The largest absolute Gasteiger partial charge is 0.481 e. The van der Waals surface area contributed by atoms with Crippen LogP contribution in [0, 0.1) is 5.92 Å². The van der Waals surface area contributed by atoms with Crippen LogP contribution in [0.2, 0.25) is 0 Å². The number of carboxylic acids is 1. The maximum atomic E-state index is 10.9. The molecule has 110 valence electrons. The molecule has 0 bridgehead atoms. The predicted molar refractivity (Wildman–Crippen MR) is 75.2 cm³/mol. The molecule has 1 saturated carbocycles. The van der Waals surface area contributed by atoms with E-state index in [0.29, 0.717) is 32.2 Å². The summed E-state index contributed by atoms with van der Waals surface area (Å²) in [5.74, 6) is -1.04. The van der Waals surface area contributed by atoms with Crippen molar-refractivity contribution < 1.29 is 15.0 Å². The van der Waals surface area contributed by atoms with Gasteiger partial charge in [-0.1, -0.05) is 0 Å². The average Bonchev–Trinajstić information content (AvgIpc) is 2.46. The van der Waals surface area contributed by atoms with Crippen LogP contribution >= 0.6 is 0 Å². The molecule has 0 radical (unpaired) electrons. The van der Waals surface area contributed by atoms with E-state index in [2.05, 4.69) is 10.3 Å². The fourth-order valence-electron chi connectivity index (χ4n) is 2.69. The van der Waals surface area contributed by atoms with Crippen LogP contribution in [0.15, 0.2) is 24.5 Å². The molecule has 1 aromatic rings. The molecule has 0 aromatic carbocycles. The Morgan fingerprint density at radius 3 is 2.60 bits per heavy atom. The number of rotatable bonds is 5. The molecule has 1 fully saturated rings. The van der Waals surface area contributed by atoms with Gasteiger partial charge < -0.3 is 15.5 Å². The van der Waals surface area contributed by atoms with E-state index in [1.807, 2.05) is 19.1 Å². The third kappa shape index (κ3) is 3.77. The lowest BCUT2D eigenvalue weighted by Crippen LogP contribution is -2.45. The minimum absolute atomic E-state index is 0.138. The van der Waals surface area contributed by atoms with Crippen molar-refractivity contribution >= 4 is 5.97 Å². The molecule has 5 nitrogen and oxygen atoms in total. The number of carbonyl (C=O) groups is 1. The van der Waals surface area contributed by atoms with Crippen LogP contribution in [0.1, 0.15) is 44.2 Å². The fraction of sp³-hybridized carbons (Fsp3) is 0.600. The molecule has 0 saturated heterocycles. The van der Waals surface area contributed by atoms with E-state index in [1.54, 1.807) is 12.4 Å². The molecule has 1 aromatic heterocycles. The molecule has 3 N–H and O–H groups in total. The SMILES string of the molecule is C[C@H](NCC1(O)CCC(C(=O)O)CC1)c1ccncc1. The zero-order chi connectivity index (χ0) is 14.6. The Balaban J connectivity index is 1.83. The molecule has 0 amide bonds. The molecule has 0 unspecified atom stereocenters. The second-order valence-corrected chi connectivity index (χ2v) is 5.72. The quantitative estimate of drug-likeness (QED) is 0.764. The van der Waals surface area contributed by atoms with Gasteiger partial charge in [-0.2, -0.15) is 0 Å². The number of aliphatic hydroxyl groups is 1. The number of nitrogens with one attached hydrogen (secondary N) is 1. The van der Waals surface area contributed by atoms with Crippen LogP contribution in [0.4, 0.5) is 0 Å². The Kier molecular flexibility index (Phi) is 4.73. The summed E-state index contributed by atoms with van der Waals surface area (Å²) < 4.78 is 0. The normalized spacial score (nSPS) is 28.0. The molecule has 1 aliphatic carbocycles. The van der Waals surface area contributed by atoms with Gasteiger partial charge in [0.2, 0.25) is 0 Å². The zero-order valence-electron chi connectivity index (χ0n) is 11.7. The van der Waals surface area contributed by atoms with E-state index in [-0.39, 0.29) is 12.0 Å². The van der Waals surface area contributed by atoms with Crippen molar-refractivity contribution in [3.63, 3.8) is 0 Å². The first-order valence-corrected chi connectivity index (χ1v) is 7.09. The first-order chi connectivity index (χ1) is 9.50. The van der Waals surface area contributed by atoms with Crippen molar-refractivity contribution in [1.82, 2.24) is 10.3 Å². The summed E-state index contributed by atoms with van der Waals surface area (Å²) in [6.45, 7) is 2.53. The number of hydrogen-bond donors (Lipinski definition) is 3. The van der Waals surface area contributed by atoms with Crippen molar-refractivity contribution in [2.45, 2.75) is 44.2 Å². The van der Waals surface area contributed by atoms with E-state index in [0.717, 1.165) is 5.56 Å². The maximum Gasteiger partial charge on any atom is 0.306 e. The standard InChI is InChI=1S/C15H22N2O3/c1-11(12-4-8-16-9-5-12)17-10-15(20)6-2-13(3-7-15)14(18)19/h4-5,8-9,11,13,17,20H,2-3,6-7,10H2,1H3,(H,18,19)/t11-,13?,15?/m0/s1. The lowest BCUT2D eigenvalue weighted by molar-refractivity contribution is -0.144. The van der Waals surface area contributed by atoms with Crippen LogP contribution in [-0.4, -0.2) is 33.3 Å². The summed E-state index contributed by atoms with van der Waals surface area (Å²) in [4.78, 5) is 14.9. The van der Waals surface area contributed by atoms with Crippen LogP contribution < -0.4 is 5.32 Å². The summed E-state index contributed by atoms with van der Waals surface area (Å²) >= 11 is 0. The molecule has 1 heterocycles. The van der Waals surface area contributed by atoms with Gasteiger partial charge in [-0.3, -0.25) is 9.78 Å². The molecule has 0 aliphatic heterocycles. The van der Waals surface area contributed by atoms with E-state index >= 15 is 0 Å². The van der Waals surface area contributed by atoms with Gasteiger partial charge in [-0.25, -0.2) is 0 Å². The molecule has 20 heavy (non-hydrogen) atoms. The minimum Gasteiger partial charge on any atom is -0.481 e. The van der Waals surface area contributed by atoms with Crippen molar-refractivity contribution in [3.05, 3.63) is 30.1 Å². The molecular formula is C15H22N2O3. The van der Waals surface area contributed by atoms with Crippen LogP contribution in [-0.2, 0) is 4.79 Å². The summed E-state index contributed by atoms with van der Waals surface area (Å²) in [6, 6.07) is 4.03. The van der Waals surface area contributed by atoms with Crippen molar-refractivity contribution in [3.8, 4) is 0 Å². The highest BCUT2D eigenvalue weighted by atomic mass is 16.4. The molecular weight excluding hydrogens is 256 g/mol. The van der Waals surface area contributed by atoms with Crippen molar-refractivity contribution in [2.75, 3.05) is 6.54 Å². The van der Waals surface area contributed by atoms with E-state index in [1.165, 1.54) is 0 Å². The lowest BCUT2D eigenvalue weighted by atomic mass is 9.78. The van der Waals surface area contributed by atoms with Gasteiger partial charge in [0.1, 0.15) is 0 Å². The van der Waals surface area contributed by atoms with Crippen LogP contribution in [0.5, 0.6) is 0 Å². The van der Waals surface area contributed by atoms with E-state index < -0.39 is 11.6 Å². The Morgan fingerprint density at radius 2 is 2.05 bits per heavy atom. The topological polar surface area (TPSA) is 82.5 Å². The predicted octanol–water partition coefficient (Wildman–Crippen LogP) is 1.74. The van der Waals surface area contributed by atoms with Gasteiger partial charge in [-0.15, -0.1) is 0 Å². The summed E-state index contributed by atoms with van der Waals surface area (Å²) in [7, 11) is 0. The average molecular weight is 278 g/mol. The molecule has 1 atom stereocenters. The summed E-state index contributed by atoms with van der Waals surface area (Å²) in [6.07, 6.45) is 5.69. The lowest BCUT2D eigenvalue weighted by Gasteiger charge is -2.35. The molecule has 1 aliphatic rings. The van der Waals surface area contributed by atoms with Gasteiger partial charge in [0, 0.05) is 25.0 Å². The highest BCUT2D eigenvalue weighted by molar-refractivity contribution is 5.70. The Labute approximate surface area is 119 Å². The number of hydrogen-bond acceptors (Lipinski definition) is 4. The number of nitrogens with zero attached hydrogens (tertiary/aromatic N) is 1. The van der Waals surface area contributed by atoms with Crippen LogP contribution in [0.25, 0.3) is 0 Å². The summed E-state index contributed by atoms with van der Waals surface area (Å²) in [5, 5.41) is 22.8.